The summed E-state index contributed by atoms with van der Waals surface area (Å²) in [6.45, 7) is 5.89. The lowest BCUT2D eigenvalue weighted by atomic mass is 9.97. The summed E-state index contributed by atoms with van der Waals surface area (Å²) in [5.74, 6) is -1.11. The maximum Gasteiger partial charge on any atom is 0.337 e. The van der Waals surface area contributed by atoms with Gasteiger partial charge in [0.1, 0.15) is 23.1 Å². The van der Waals surface area contributed by atoms with Crippen LogP contribution < -0.4 is 9.47 Å². The molecular formula is C35H35BrF2O7. The minimum Gasteiger partial charge on any atom is -0.497 e. The molecule has 10 heteroatoms. The van der Waals surface area contributed by atoms with Crippen molar-refractivity contribution in [3.05, 3.63) is 107 Å². The van der Waals surface area contributed by atoms with Crippen molar-refractivity contribution in [3.8, 4) is 33.8 Å². The van der Waals surface area contributed by atoms with E-state index >= 15 is 0 Å². The summed E-state index contributed by atoms with van der Waals surface area (Å²) < 4.78 is 49.1. The number of rotatable bonds is 9. The van der Waals surface area contributed by atoms with Gasteiger partial charge in [0.25, 0.3) is 0 Å². The number of ether oxygens (including phenoxy) is 4. The molecule has 0 unspecified atom stereocenters. The number of halogens is 3. The first-order valence-corrected chi connectivity index (χ1v) is 14.9. The van der Waals surface area contributed by atoms with E-state index in [4.69, 9.17) is 18.9 Å². The Hall–Kier alpha value is -4.28. The number of hydrogen-bond donors (Lipinski definition) is 1. The van der Waals surface area contributed by atoms with Gasteiger partial charge in [-0.3, -0.25) is 0 Å². The summed E-state index contributed by atoms with van der Waals surface area (Å²) in [7, 11) is 4.36. The Morgan fingerprint density at radius 2 is 1.20 bits per heavy atom. The Balaban J connectivity index is 0.000000248. The van der Waals surface area contributed by atoms with Gasteiger partial charge in [-0.2, -0.15) is 0 Å². The van der Waals surface area contributed by atoms with E-state index in [2.05, 4.69) is 15.9 Å². The molecule has 45 heavy (non-hydrogen) atoms. The molecular weight excluding hydrogens is 650 g/mol. The number of hydrogen-bond acceptors (Lipinski definition) is 6. The molecule has 0 radical (unpaired) electrons. The highest BCUT2D eigenvalue weighted by Crippen LogP contribution is 2.33. The van der Waals surface area contributed by atoms with Crippen molar-refractivity contribution >= 4 is 27.9 Å². The van der Waals surface area contributed by atoms with E-state index in [1.165, 1.54) is 51.7 Å². The van der Waals surface area contributed by atoms with E-state index in [9.17, 15) is 23.5 Å². The van der Waals surface area contributed by atoms with Gasteiger partial charge in [0, 0.05) is 16.5 Å². The molecule has 4 aromatic carbocycles. The molecule has 0 saturated carbocycles. The largest absolute Gasteiger partial charge is 0.497 e. The molecule has 0 heterocycles. The summed E-state index contributed by atoms with van der Waals surface area (Å²) in [5, 5.41) is 9.69. The molecule has 0 aromatic heterocycles. The van der Waals surface area contributed by atoms with Gasteiger partial charge < -0.3 is 24.1 Å². The molecule has 0 bridgehead atoms. The normalized spacial score (nSPS) is 10.9. The molecule has 0 spiro atoms. The first-order valence-electron chi connectivity index (χ1n) is 13.8. The van der Waals surface area contributed by atoms with Crippen LogP contribution >= 0.6 is 15.9 Å². The molecule has 7 nitrogen and oxygen atoms in total. The first kappa shape index (κ1) is 35.2. The van der Waals surface area contributed by atoms with Gasteiger partial charge in [-0.15, -0.1) is 0 Å². The molecule has 0 aliphatic carbocycles. The van der Waals surface area contributed by atoms with Crippen LogP contribution in [0.5, 0.6) is 11.5 Å². The SMILES string of the molecule is COC(=O)c1ccc(-c2cc(OC)ccc2F)c(CBr)c1.COc1ccc(F)c(-c2ccc(C(=O)O)cc2COC(C)(C)C)c1. The zero-order chi connectivity index (χ0) is 33.3. The lowest BCUT2D eigenvalue weighted by Crippen LogP contribution is -2.19. The van der Waals surface area contributed by atoms with Crippen LogP contribution in [0.4, 0.5) is 8.78 Å². The van der Waals surface area contributed by atoms with Crippen LogP contribution in [-0.2, 0) is 21.4 Å². The Bertz CT molecular complexity index is 1660. The van der Waals surface area contributed by atoms with Gasteiger partial charge in [-0.1, -0.05) is 28.1 Å². The van der Waals surface area contributed by atoms with Crippen molar-refractivity contribution in [1.82, 2.24) is 0 Å². The van der Waals surface area contributed by atoms with Crippen LogP contribution in [0, 0.1) is 11.6 Å². The first-order chi connectivity index (χ1) is 21.3. The van der Waals surface area contributed by atoms with Crippen molar-refractivity contribution in [2.24, 2.45) is 0 Å². The second-order valence-corrected chi connectivity index (χ2v) is 11.3. The number of methoxy groups -OCH3 is 3. The van der Waals surface area contributed by atoms with Gasteiger partial charge in [0.15, 0.2) is 0 Å². The number of alkyl halides is 1. The molecule has 0 atom stereocenters. The van der Waals surface area contributed by atoms with Crippen molar-refractivity contribution in [3.63, 3.8) is 0 Å². The highest BCUT2D eigenvalue weighted by atomic mass is 79.9. The molecule has 238 valence electrons. The van der Waals surface area contributed by atoms with Crippen LogP contribution in [0.25, 0.3) is 22.3 Å². The highest BCUT2D eigenvalue weighted by molar-refractivity contribution is 9.08. The molecule has 1 N–H and O–H groups in total. The number of benzene rings is 4. The van der Waals surface area contributed by atoms with Gasteiger partial charge in [0.2, 0.25) is 0 Å². The summed E-state index contributed by atoms with van der Waals surface area (Å²) in [5.41, 5.74) is 3.63. The van der Waals surface area contributed by atoms with Gasteiger partial charge in [-0.05, 0) is 104 Å². The van der Waals surface area contributed by atoms with E-state index in [-0.39, 0.29) is 18.0 Å². The predicted molar refractivity (Wildman–Crippen MR) is 172 cm³/mol. The fraction of sp³-hybridized carbons (Fsp3) is 0.257. The zero-order valence-electron chi connectivity index (χ0n) is 25.9. The Labute approximate surface area is 269 Å². The quantitative estimate of drug-likeness (QED) is 0.139. The number of carboxylic acid groups (broad SMARTS) is 1. The number of carbonyl (C=O) groups is 2. The molecule has 0 amide bonds. The van der Waals surface area contributed by atoms with E-state index in [0.29, 0.717) is 50.2 Å². The molecule has 4 aromatic rings. The van der Waals surface area contributed by atoms with Crippen LogP contribution in [-0.4, -0.2) is 44.0 Å². The lowest BCUT2D eigenvalue weighted by molar-refractivity contribution is -0.0147. The number of esters is 1. The zero-order valence-corrected chi connectivity index (χ0v) is 27.5. The Morgan fingerprint density at radius 3 is 1.64 bits per heavy atom. The molecule has 0 saturated heterocycles. The lowest BCUT2D eigenvalue weighted by Gasteiger charge is -2.21. The average Bonchev–Trinajstić information content (AvgIpc) is 3.03. The minimum atomic E-state index is -1.04. The summed E-state index contributed by atoms with van der Waals surface area (Å²) in [4.78, 5) is 22.8. The van der Waals surface area contributed by atoms with E-state index < -0.39 is 23.4 Å². The second kappa shape index (κ2) is 15.6. The third-order valence-electron chi connectivity index (χ3n) is 6.61. The molecule has 0 fully saturated rings. The van der Waals surface area contributed by atoms with Crippen molar-refractivity contribution in [2.45, 2.75) is 38.3 Å². The van der Waals surface area contributed by atoms with Crippen LogP contribution in [0.1, 0.15) is 52.6 Å². The van der Waals surface area contributed by atoms with Crippen molar-refractivity contribution in [2.75, 3.05) is 21.3 Å². The fourth-order valence-electron chi connectivity index (χ4n) is 4.29. The van der Waals surface area contributed by atoms with E-state index in [1.807, 2.05) is 20.8 Å². The van der Waals surface area contributed by atoms with Gasteiger partial charge >= 0.3 is 11.9 Å². The van der Waals surface area contributed by atoms with Gasteiger partial charge in [-0.25, -0.2) is 18.4 Å². The Kier molecular flexibility index (Phi) is 12.2. The van der Waals surface area contributed by atoms with Crippen LogP contribution in [0.15, 0.2) is 72.8 Å². The molecule has 4 rings (SSSR count). The summed E-state index contributed by atoms with van der Waals surface area (Å²) >= 11 is 3.37. The van der Waals surface area contributed by atoms with Crippen molar-refractivity contribution < 1.29 is 42.4 Å². The van der Waals surface area contributed by atoms with E-state index in [1.54, 1.807) is 42.5 Å². The van der Waals surface area contributed by atoms with Crippen molar-refractivity contribution in [1.29, 1.82) is 0 Å². The fourth-order valence-corrected chi connectivity index (χ4v) is 4.75. The molecule has 0 aliphatic heterocycles. The third-order valence-corrected chi connectivity index (χ3v) is 7.21. The third kappa shape index (κ3) is 9.36. The highest BCUT2D eigenvalue weighted by Gasteiger charge is 2.18. The standard InChI is InChI=1S/C19H21FO4.C16H14BrFO3/c1-19(2,3)24-11-13-9-12(18(21)22)5-7-15(13)16-10-14(23-4)6-8-17(16)20;1-20-12-4-6-15(18)14(8-12)13-5-3-10(16(19)21-2)7-11(13)9-17/h5-10H,11H2,1-4H3,(H,21,22);3-8H,9H2,1-2H3. The van der Waals surface area contributed by atoms with Crippen LogP contribution in [0.3, 0.4) is 0 Å². The topological polar surface area (TPSA) is 91.3 Å². The molecule has 0 aliphatic rings. The smallest absolute Gasteiger partial charge is 0.337 e. The Morgan fingerprint density at radius 1 is 0.711 bits per heavy atom. The summed E-state index contributed by atoms with van der Waals surface area (Å²) in [6.07, 6.45) is 0. The second-order valence-electron chi connectivity index (χ2n) is 10.8. The maximum absolute atomic E-state index is 14.3. The van der Waals surface area contributed by atoms with Gasteiger partial charge in [0.05, 0.1) is 44.7 Å². The number of carboxylic acids is 1. The predicted octanol–water partition coefficient (Wildman–Crippen LogP) is 8.70. The monoisotopic (exact) mass is 684 g/mol. The van der Waals surface area contributed by atoms with Crippen LogP contribution in [0.2, 0.25) is 0 Å². The average molecular weight is 686 g/mol. The minimum absolute atomic E-state index is 0.134. The maximum atomic E-state index is 14.3. The number of aromatic carboxylic acids is 1. The van der Waals surface area contributed by atoms with E-state index in [0.717, 1.165) is 5.56 Å². The number of carbonyl (C=O) groups excluding carboxylic acids is 1. The summed E-state index contributed by atoms with van der Waals surface area (Å²) in [6, 6.07) is 18.6.